The number of aromatic nitrogens is 3. The van der Waals surface area contributed by atoms with Gasteiger partial charge in [0.25, 0.3) is 0 Å². The molecule has 0 amide bonds. The fourth-order valence-electron chi connectivity index (χ4n) is 4.19. The lowest BCUT2D eigenvalue weighted by Gasteiger charge is -2.36. The molecule has 0 spiro atoms. The van der Waals surface area contributed by atoms with Gasteiger partial charge in [-0.2, -0.15) is 0 Å². The SMILES string of the molecule is c1ccc(N2CCN(c3cc4c(cn3)CN(Cc3ccncc3)CCN4)CC2)nc1. The molecular formula is C23H27N7. The molecule has 0 atom stereocenters. The van der Waals surface area contributed by atoms with Crippen LogP contribution in [0, 0.1) is 0 Å². The van der Waals surface area contributed by atoms with Crippen molar-refractivity contribution in [2.45, 2.75) is 13.1 Å². The van der Waals surface area contributed by atoms with Gasteiger partial charge in [0.05, 0.1) is 0 Å². The molecule has 1 saturated heterocycles. The Bertz CT molecular complexity index is 956. The third-order valence-electron chi connectivity index (χ3n) is 5.84. The molecule has 0 saturated carbocycles. The van der Waals surface area contributed by atoms with E-state index in [1.165, 1.54) is 16.8 Å². The van der Waals surface area contributed by atoms with Crippen molar-refractivity contribution in [1.82, 2.24) is 19.9 Å². The Kier molecular flexibility index (Phi) is 5.44. The number of rotatable bonds is 4. The van der Waals surface area contributed by atoms with Crippen molar-refractivity contribution in [1.29, 1.82) is 0 Å². The molecule has 0 unspecified atom stereocenters. The van der Waals surface area contributed by atoms with E-state index in [1.54, 1.807) is 0 Å². The quantitative estimate of drug-likeness (QED) is 0.721. The normalized spacial score (nSPS) is 17.2. The van der Waals surface area contributed by atoms with E-state index in [-0.39, 0.29) is 0 Å². The first-order valence-electron chi connectivity index (χ1n) is 10.6. The third-order valence-corrected chi connectivity index (χ3v) is 5.84. The van der Waals surface area contributed by atoms with E-state index in [0.29, 0.717) is 0 Å². The minimum absolute atomic E-state index is 0.908. The van der Waals surface area contributed by atoms with E-state index in [4.69, 9.17) is 4.98 Å². The molecule has 1 N–H and O–H groups in total. The number of nitrogens with one attached hydrogen (secondary N) is 1. The lowest BCUT2D eigenvalue weighted by molar-refractivity contribution is 0.271. The maximum atomic E-state index is 4.81. The summed E-state index contributed by atoms with van der Waals surface area (Å²) in [6.07, 6.45) is 7.63. The predicted molar refractivity (Wildman–Crippen MR) is 120 cm³/mol. The molecule has 3 aromatic rings. The Morgan fingerprint density at radius 2 is 1.63 bits per heavy atom. The average Bonchev–Trinajstić information content (AvgIpc) is 3.01. The van der Waals surface area contributed by atoms with Crippen LogP contribution in [0.3, 0.4) is 0 Å². The fourth-order valence-corrected chi connectivity index (χ4v) is 4.19. The molecule has 5 rings (SSSR count). The van der Waals surface area contributed by atoms with Gasteiger partial charge in [-0.3, -0.25) is 9.88 Å². The summed E-state index contributed by atoms with van der Waals surface area (Å²) < 4.78 is 0. The molecule has 7 nitrogen and oxygen atoms in total. The maximum Gasteiger partial charge on any atom is 0.130 e. The minimum atomic E-state index is 0.908. The van der Waals surface area contributed by atoms with Crippen LogP contribution in [0.4, 0.5) is 17.3 Å². The van der Waals surface area contributed by atoms with Gasteiger partial charge in [-0.05, 0) is 29.8 Å². The summed E-state index contributed by atoms with van der Waals surface area (Å²) in [6, 6.07) is 12.5. The lowest BCUT2D eigenvalue weighted by atomic mass is 10.2. The summed E-state index contributed by atoms with van der Waals surface area (Å²) in [6.45, 7) is 7.62. The van der Waals surface area contributed by atoms with E-state index in [1.807, 2.05) is 36.9 Å². The van der Waals surface area contributed by atoms with Gasteiger partial charge in [0.15, 0.2) is 0 Å². The van der Waals surface area contributed by atoms with Gasteiger partial charge in [-0.15, -0.1) is 0 Å². The monoisotopic (exact) mass is 401 g/mol. The summed E-state index contributed by atoms with van der Waals surface area (Å²) in [5, 5.41) is 3.61. The molecule has 0 bridgehead atoms. The zero-order valence-electron chi connectivity index (χ0n) is 17.1. The van der Waals surface area contributed by atoms with E-state index < -0.39 is 0 Å². The van der Waals surface area contributed by atoms with E-state index in [9.17, 15) is 0 Å². The van der Waals surface area contributed by atoms with Crippen molar-refractivity contribution in [2.24, 2.45) is 0 Å². The van der Waals surface area contributed by atoms with Gasteiger partial charge in [0.1, 0.15) is 11.6 Å². The van der Waals surface area contributed by atoms with Gasteiger partial charge in [-0.25, -0.2) is 9.97 Å². The molecule has 5 heterocycles. The molecule has 3 aromatic heterocycles. The topological polar surface area (TPSA) is 60.4 Å². The highest BCUT2D eigenvalue weighted by Gasteiger charge is 2.21. The molecule has 0 aliphatic carbocycles. The smallest absolute Gasteiger partial charge is 0.130 e. The number of fused-ring (bicyclic) bond motifs is 1. The Hall–Kier alpha value is -3.19. The first-order chi connectivity index (χ1) is 14.8. The summed E-state index contributed by atoms with van der Waals surface area (Å²) in [4.78, 5) is 20.6. The van der Waals surface area contributed by atoms with E-state index in [2.05, 4.69) is 54.2 Å². The van der Waals surface area contributed by atoms with Crippen molar-refractivity contribution in [3.05, 3.63) is 72.3 Å². The summed E-state index contributed by atoms with van der Waals surface area (Å²) in [5.41, 5.74) is 3.77. The van der Waals surface area contributed by atoms with Gasteiger partial charge in [0, 0.05) is 94.5 Å². The van der Waals surface area contributed by atoms with Gasteiger partial charge in [-0.1, -0.05) is 6.07 Å². The molecule has 154 valence electrons. The van der Waals surface area contributed by atoms with Crippen molar-refractivity contribution >= 4 is 17.3 Å². The molecule has 30 heavy (non-hydrogen) atoms. The molecule has 0 aromatic carbocycles. The molecule has 1 fully saturated rings. The van der Waals surface area contributed by atoms with Crippen molar-refractivity contribution in [2.75, 3.05) is 54.4 Å². The number of nitrogens with zero attached hydrogens (tertiary/aromatic N) is 6. The first-order valence-corrected chi connectivity index (χ1v) is 10.6. The molecular weight excluding hydrogens is 374 g/mol. The number of hydrogen-bond donors (Lipinski definition) is 1. The third kappa shape index (κ3) is 4.21. The second-order valence-corrected chi connectivity index (χ2v) is 7.85. The van der Waals surface area contributed by atoms with Crippen molar-refractivity contribution < 1.29 is 0 Å². The molecule has 7 heteroatoms. The standard InChI is InChI=1S/C23H27N7/c1-2-6-26-22(3-1)29-11-13-30(14-12-29)23-15-21-20(16-27-23)18-28(10-9-25-21)17-19-4-7-24-8-5-19/h1-8,15-16,25H,9-14,17-18H2. The van der Waals surface area contributed by atoms with Gasteiger partial charge >= 0.3 is 0 Å². The second-order valence-electron chi connectivity index (χ2n) is 7.85. The highest BCUT2D eigenvalue weighted by molar-refractivity contribution is 5.59. The van der Waals surface area contributed by atoms with Gasteiger partial charge < -0.3 is 15.1 Å². The summed E-state index contributed by atoms with van der Waals surface area (Å²) in [5.74, 6) is 2.12. The number of anilines is 3. The van der Waals surface area contributed by atoms with Crippen LogP contribution in [-0.4, -0.2) is 59.1 Å². The average molecular weight is 402 g/mol. The fraction of sp³-hybridized carbons (Fsp3) is 0.348. The molecule has 2 aliphatic rings. The zero-order valence-corrected chi connectivity index (χ0v) is 17.1. The van der Waals surface area contributed by atoms with Crippen molar-refractivity contribution in [3.8, 4) is 0 Å². The van der Waals surface area contributed by atoms with Crippen LogP contribution in [-0.2, 0) is 13.1 Å². The maximum absolute atomic E-state index is 4.81. The predicted octanol–water partition coefficient (Wildman–Crippen LogP) is 2.63. The summed E-state index contributed by atoms with van der Waals surface area (Å²) >= 11 is 0. The lowest BCUT2D eigenvalue weighted by Crippen LogP contribution is -2.47. The Labute approximate surface area is 177 Å². The molecule has 0 radical (unpaired) electrons. The number of pyridine rings is 3. The van der Waals surface area contributed by atoms with E-state index in [0.717, 1.165) is 64.0 Å². The highest BCUT2D eigenvalue weighted by atomic mass is 15.3. The van der Waals surface area contributed by atoms with Crippen LogP contribution in [0.5, 0.6) is 0 Å². The van der Waals surface area contributed by atoms with Crippen LogP contribution in [0.1, 0.15) is 11.1 Å². The number of piperazine rings is 1. The summed E-state index contributed by atoms with van der Waals surface area (Å²) in [7, 11) is 0. The zero-order chi connectivity index (χ0) is 20.2. The Morgan fingerprint density at radius 1 is 0.833 bits per heavy atom. The van der Waals surface area contributed by atoms with Crippen LogP contribution in [0.15, 0.2) is 61.2 Å². The van der Waals surface area contributed by atoms with Crippen LogP contribution in [0.2, 0.25) is 0 Å². The number of hydrogen-bond acceptors (Lipinski definition) is 7. The van der Waals surface area contributed by atoms with Gasteiger partial charge in [0.2, 0.25) is 0 Å². The molecule has 2 aliphatic heterocycles. The van der Waals surface area contributed by atoms with Crippen molar-refractivity contribution in [3.63, 3.8) is 0 Å². The van der Waals surface area contributed by atoms with Crippen LogP contribution in [0.25, 0.3) is 0 Å². The first kappa shape index (κ1) is 18.8. The van der Waals surface area contributed by atoms with Crippen LogP contribution < -0.4 is 15.1 Å². The highest BCUT2D eigenvalue weighted by Crippen LogP contribution is 2.26. The minimum Gasteiger partial charge on any atom is -0.383 e. The van der Waals surface area contributed by atoms with Crippen LogP contribution >= 0.6 is 0 Å². The largest absolute Gasteiger partial charge is 0.383 e. The Morgan fingerprint density at radius 3 is 2.40 bits per heavy atom. The second kappa shape index (κ2) is 8.67. The Balaban J connectivity index is 1.24. The van der Waals surface area contributed by atoms with E-state index >= 15 is 0 Å².